The molecule has 0 atom stereocenters. The lowest BCUT2D eigenvalue weighted by Crippen LogP contribution is -2.08. The Morgan fingerprint density at radius 2 is 1.95 bits per heavy atom. The third-order valence-corrected chi connectivity index (χ3v) is 3.74. The van der Waals surface area contributed by atoms with Crippen LogP contribution in [0.15, 0.2) is 48.5 Å². The van der Waals surface area contributed by atoms with Crippen LogP contribution in [0.25, 0.3) is 6.08 Å². The van der Waals surface area contributed by atoms with Crippen molar-refractivity contribution in [1.82, 2.24) is 0 Å². The van der Waals surface area contributed by atoms with Gasteiger partial charge in [0.15, 0.2) is 0 Å². The Balaban J connectivity index is 1.98. The molecule has 1 N–H and O–H groups in total. The standard InChI is InChI=1S/C18H18INO2/c1-3-22-16-8-4-14(5-9-16)6-11-18(21)20-17-10-7-15(19)12-13(17)2/h4-12H,3H2,1-2H3,(H,20,21)/b11-6-. The number of halogens is 1. The van der Waals surface area contributed by atoms with Crippen molar-refractivity contribution >= 4 is 40.3 Å². The molecule has 0 bridgehead atoms. The van der Waals surface area contributed by atoms with E-state index in [-0.39, 0.29) is 5.91 Å². The third-order valence-electron chi connectivity index (χ3n) is 3.06. The number of nitrogens with one attached hydrogen (secondary N) is 1. The van der Waals surface area contributed by atoms with E-state index in [1.54, 1.807) is 6.08 Å². The summed E-state index contributed by atoms with van der Waals surface area (Å²) in [6.45, 7) is 4.58. The van der Waals surface area contributed by atoms with Crippen LogP contribution < -0.4 is 10.1 Å². The summed E-state index contributed by atoms with van der Waals surface area (Å²) in [5.41, 5.74) is 2.84. The molecule has 2 aromatic rings. The molecule has 0 aliphatic carbocycles. The fourth-order valence-electron chi connectivity index (χ4n) is 1.96. The van der Waals surface area contributed by atoms with Gasteiger partial charge in [0.2, 0.25) is 5.91 Å². The Bertz CT molecular complexity index is 678. The second kappa shape index (κ2) is 7.98. The topological polar surface area (TPSA) is 38.3 Å². The van der Waals surface area contributed by atoms with Crippen LogP contribution in [-0.2, 0) is 4.79 Å². The van der Waals surface area contributed by atoms with E-state index in [2.05, 4.69) is 27.9 Å². The number of benzene rings is 2. The molecule has 0 saturated heterocycles. The lowest BCUT2D eigenvalue weighted by molar-refractivity contribution is -0.111. The molecule has 2 rings (SSSR count). The SMILES string of the molecule is CCOc1ccc(/C=C\C(=O)Nc2ccc(I)cc2C)cc1. The van der Waals surface area contributed by atoms with E-state index >= 15 is 0 Å². The van der Waals surface area contributed by atoms with Gasteiger partial charge in [-0.15, -0.1) is 0 Å². The van der Waals surface area contributed by atoms with Gasteiger partial charge in [-0.05, 0) is 84.0 Å². The Morgan fingerprint density at radius 1 is 1.23 bits per heavy atom. The third kappa shape index (κ3) is 4.87. The number of ether oxygens (including phenoxy) is 1. The van der Waals surface area contributed by atoms with Gasteiger partial charge in [0, 0.05) is 15.3 Å². The summed E-state index contributed by atoms with van der Waals surface area (Å²) in [6.07, 6.45) is 3.32. The fraction of sp³-hybridized carbons (Fsp3) is 0.167. The Labute approximate surface area is 144 Å². The van der Waals surface area contributed by atoms with Gasteiger partial charge in [0.05, 0.1) is 6.61 Å². The molecule has 3 nitrogen and oxygen atoms in total. The van der Waals surface area contributed by atoms with E-state index in [0.717, 1.165) is 26.1 Å². The molecule has 22 heavy (non-hydrogen) atoms. The maximum Gasteiger partial charge on any atom is 0.248 e. The first-order valence-electron chi connectivity index (χ1n) is 7.06. The molecule has 0 aliphatic rings. The predicted molar refractivity (Wildman–Crippen MR) is 99.2 cm³/mol. The molecule has 114 valence electrons. The minimum atomic E-state index is -0.141. The highest BCUT2D eigenvalue weighted by Gasteiger charge is 2.02. The van der Waals surface area contributed by atoms with Crippen LogP contribution in [0.3, 0.4) is 0 Å². The highest BCUT2D eigenvalue weighted by atomic mass is 127. The molecule has 0 spiro atoms. The molecule has 0 heterocycles. The quantitative estimate of drug-likeness (QED) is 0.579. The largest absolute Gasteiger partial charge is 0.494 e. The number of amides is 1. The van der Waals surface area contributed by atoms with Crippen molar-refractivity contribution in [3.8, 4) is 5.75 Å². The Morgan fingerprint density at radius 3 is 2.59 bits per heavy atom. The average Bonchev–Trinajstić information content (AvgIpc) is 2.50. The lowest BCUT2D eigenvalue weighted by Gasteiger charge is -2.06. The first kappa shape index (κ1) is 16.5. The summed E-state index contributed by atoms with van der Waals surface area (Å²) in [6, 6.07) is 13.6. The Kier molecular flexibility index (Phi) is 6.00. The highest BCUT2D eigenvalue weighted by Crippen LogP contribution is 2.18. The first-order valence-corrected chi connectivity index (χ1v) is 8.14. The lowest BCUT2D eigenvalue weighted by atomic mass is 10.2. The summed E-state index contributed by atoms with van der Waals surface area (Å²) in [7, 11) is 0. The van der Waals surface area contributed by atoms with E-state index in [0.29, 0.717) is 6.61 Å². The van der Waals surface area contributed by atoms with Crippen molar-refractivity contribution in [3.05, 3.63) is 63.2 Å². The molecule has 0 aromatic heterocycles. The van der Waals surface area contributed by atoms with Gasteiger partial charge in [-0.2, -0.15) is 0 Å². The molecule has 0 saturated carbocycles. The molecular formula is C18H18INO2. The zero-order chi connectivity index (χ0) is 15.9. The molecule has 0 radical (unpaired) electrons. The molecular weight excluding hydrogens is 389 g/mol. The smallest absolute Gasteiger partial charge is 0.248 e. The maximum atomic E-state index is 12.0. The van der Waals surface area contributed by atoms with E-state index in [1.165, 1.54) is 6.08 Å². The summed E-state index contributed by atoms with van der Waals surface area (Å²) >= 11 is 2.25. The molecule has 4 heteroatoms. The fourth-order valence-corrected chi connectivity index (χ4v) is 2.60. The van der Waals surface area contributed by atoms with Crippen molar-refractivity contribution in [2.24, 2.45) is 0 Å². The molecule has 2 aromatic carbocycles. The molecule has 0 aliphatic heterocycles. The van der Waals surface area contributed by atoms with E-state index < -0.39 is 0 Å². The average molecular weight is 407 g/mol. The van der Waals surface area contributed by atoms with Crippen LogP contribution >= 0.6 is 22.6 Å². The van der Waals surface area contributed by atoms with Crippen molar-refractivity contribution in [1.29, 1.82) is 0 Å². The Hall–Kier alpha value is -1.82. The van der Waals surface area contributed by atoms with E-state index in [4.69, 9.17) is 4.74 Å². The predicted octanol–water partition coefficient (Wildman–Crippen LogP) is 4.65. The van der Waals surface area contributed by atoms with Crippen LogP contribution in [0.4, 0.5) is 5.69 Å². The second-order valence-electron chi connectivity index (χ2n) is 4.78. The number of carbonyl (C=O) groups excluding carboxylic acids is 1. The highest BCUT2D eigenvalue weighted by molar-refractivity contribution is 14.1. The number of hydrogen-bond donors (Lipinski definition) is 1. The zero-order valence-corrected chi connectivity index (χ0v) is 14.8. The summed E-state index contributed by atoms with van der Waals surface area (Å²) in [4.78, 5) is 12.0. The van der Waals surface area contributed by atoms with Gasteiger partial charge >= 0.3 is 0 Å². The molecule has 0 unspecified atom stereocenters. The molecule has 0 fully saturated rings. The normalized spacial score (nSPS) is 10.7. The number of hydrogen-bond acceptors (Lipinski definition) is 2. The minimum Gasteiger partial charge on any atom is -0.494 e. The van der Waals surface area contributed by atoms with Crippen LogP contribution in [-0.4, -0.2) is 12.5 Å². The van der Waals surface area contributed by atoms with Crippen molar-refractivity contribution in [2.45, 2.75) is 13.8 Å². The number of aryl methyl sites for hydroxylation is 1. The summed E-state index contributed by atoms with van der Waals surface area (Å²) < 4.78 is 6.54. The minimum absolute atomic E-state index is 0.141. The number of carbonyl (C=O) groups is 1. The number of rotatable bonds is 5. The maximum absolute atomic E-state index is 12.0. The van der Waals surface area contributed by atoms with Crippen LogP contribution in [0.5, 0.6) is 5.75 Å². The van der Waals surface area contributed by atoms with Gasteiger partial charge in [0.25, 0.3) is 0 Å². The van der Waals surface area contributed by atoms with Crippen molar-refractivity contribution in [3.63, 3.8) is 0 Å². The van der Waals surface area contributed by atoms with Gasteiger partial charge in [-0.1, -0.05) is 12.1 Å². The monoisotopic (exact) mass is 407 g/mol. The van der Waals surface area contributed by atoms with Crippen molar-refractivity contribution in [2.75, 3.05) is 11.9 Å². The van der Waals surface area contributed by atoms with Crippen molar-refractivity contribution < 1.29 is 9.53 Å². The zero-order valence-electron chi connectivity index (χ0n) is 12.6. The van der Waals surface area contributed by atoms with Crippen LogP contribution in [0, 0.1) is 10.5 Å². The van der Waals surface area contributed by atoms with Gasteiger partial charge in [-0.3, -0.25) is 4.79 Å². The first-order chi connectivity index (χ1) is 10.6. The van der Waals surface area contributed by atoms with Crippen LogP contribution in [0.2, 0.25) is 0 Å². The summed E-state index contributed by atoms with van der Waals surface area (Å²) in [5.74, 6) is 0.691. The van der Waals surface area contributed by atoms with Gasteiger partial charge < -0.3 is 10.1 Å². The van der Waals surface area contributed by atoms with E-state index in [1.807, 2.05) is 56.3 Å². The number of anilines is 1. The van der Waals surface area contributed by atoms with Gasteiger partial charge in [0.1, 0.15) is 5.75 Å². The van der Waals surface area contributed by atoms with Crippen LogP contribution in [0.1, 0.15) is 18.1 Å². The summed E-state index contributed by atoms with van der Waals surface area (Å²) in [5, 5.41) is 2.89. The second-order valence-corrected chi connectivity index (χ2v) is 6.03. The van der Waals surface area contributed by atoms with E-state index in [9.17, 15) is 4.79 Å². The molecule has 1 amide bonds. The van der Waals surface area contributed by atoms with Gasteiger partial charge in [-0.25, -0.2) is 0 Å².